The van der Waals surface area contributed by atoms with Crippen LogP contribution in [-0.4, -0.2) is 31.6 Å². The summed E-state index contributed by atoms with van der Waals surface area (Å²) in [6.45, 7) is 0.836. The second-order valence-electron chi connectivity index (χ2n) is 5.99. The number of nitrogens with two attached hydrogens (primary N) is 1. The summed E-state index contributed by atoms with van der Waals surface area (Å²) in [6.07, 6.45) is 4.71. The second-order valence-corrected chi connectivity index (χ2v) is 5.99. The SMILES string of the molecule is CNC(=O)c1cccc(CNC(=O)NC(CN)C2CCCC2)c1. The maximum Gasteiger partial charge on any atom is 0.315 e. The first-order chi connectivity index (χ1) is 11.1. The Morgan fingerprint density at radius 2 is 2.04 bits per heavy atom. The van der Waals surface area contributed by atoms with Crippen LogP contribution in [0.4, 0.5) is 4.79 Å². The second kappa shape index (κ2) is 8.53. The standard InChI is InChI=1S/C17H26N4O2/c1-19-16(22)14-8-4-5-12(9-14)11-20-17(23)21-15(10-18)13-6-2-3-7-13/h4-5,8-9,13,15H,2-3,6-7,10-11,18H2,1H3,(H,19,22)(H2,20,21,23). The van der Waals surface area contributed by atoms with E-state index in [1.54, 1.807) is 25.2 Å². The highest BCUT2D eigenvalue weighted by Crippen LogP contribution is 2.27. The van der Waals surface area contributed by atoms with Gasteiger partial charge in [-0.05, 0) is 36.5 Å². The van der Waals surface area contributed by atoms with E-state index < -0.39 is 0 Å². The Morgan fingerprint density at radius 3 is 2.70 bits per heavy atom. The minimum Gasteiger partial charge on any atom is -0.355 e. The van der Waals surface area contributed by atoms with Gasteiger partial charge in [-0.2, -0.15) is 0 Å². The van der Waals surface area contributed by atoms with Crippen LogP contribution in [0, 0.1) is 5.92 Å². The average Bonchev–Trinajstić information content (AvgIpc) is 3.11. The number of hydrogen-bond acceptors (Lipinski definition) is 3. The first kappa shape index (κ1) is 17.3. The molecule has 0 aromatic heterocycles. The van der Waals surface area contributed by atoms with Gasteiger partial charge in [-0.15, -0.1) is 0 Å². The molecule has 1 fully saturated rings. The van der Waals surface area contributed by atoms with E-state index in [2.05, 4.69) is 16.0 Å². The third-order valence-corrected chi connectivity index (χ3v) is 4.41. The minimum atomic E-state index is -0.210. The van der Waals surface area contributed by atoms with Crippen molar-refractivity contribution >= 4 is 11.9 Å². The molecule has 1 aromatic rings. The van der Waals surface area contributed by atoms with E-state index in [0.29, 0.717) is 24.6 Å². The summed E-state index contributed by atoms with van der Waals surface area (Å²) in [5.41, 5.74) is 7.25. The molecule has 0 bridgehead atoms. The fraction of sp³-hybridized carbons (Fsp3) is 0.529. The molecule has 5 N–H and O–H groups in total. The summed E-state index contributed by atoms with van der Waals surface area (Å²) in [5.74, 6) is 0.350. The topological polar surface area (TPSA) is 96.2 Å². The first-order valence-electron chi connectivity index (χ1n) is 8.19. The zero-order valence-corrected chi connectivity index (χ0v) is 13.6. The minimum absolute atomic E-state index is 0.0368. The van der Waals surface area contributed by atoms with Gasteiger partial charge in [0.15, 0.2) is 0 Å². The van der Waals surface area contributed by atoms with Crippen molar-refractivity contribution in [3.8, 4) is 0 Å². The Morgan fingerprint density at radius 1 is 1.30 bits per heavy atom. The molecule has 126 valence electrons. The molecule has 1 unspecified atom stereocenters. The lowest BCUT2D eigenvalue weighted by Gasteiger charge is -2.23. The molecule has 1 aliphatic rings. The Labute approximate surface area is 137 Å². The molecule has 0 aliphatic heterocycles. The van der Waals surface area contributed by atoms with E-state index >= 15 is 0 Å². The molecular weight excluding hydrogens is 292 g/mol. The molecule has 1 atom stereocenters. The van der Waals surface area contributed by atoms with Gasteiger partial charge in [0.05, 0.1) is 0 Å². The van der Waals surface area contributed by atoms with Crippen molar-refractivity contribution in [1.82, 2.24) is 16.0 Å². The molecule has 2 rings (SSSR count). The number of hydrogen-bond donors (Lipinski definition) is 4. The van der Waals surface area contributed by atoms with Crippen LogP contribution in [0.25, 0.3) is 0 Å². The van der Waals surface area contributed by atoms with Crippen molar-refractivity contribution in [2.24, 2.45) is 11.7 Å². The number of nitrogens with one attached hydrogen (secondary N) is 3. The van der Waals surface area contributed by atoms with E-state index in [4.69, 9.17) is 5.73 Å². The van der Waals surface area contributed by atoms with Gasteiger partial charge in [0.1, 0.15) is 0 Å². The lowest BCUT2D eigenvalue weighted by molar-refractivity contribution is 0.0963. The Balaban J connectivity index is 1.85. The summed E-state index contributed by atoms with van der Waals surface area (Å²) >= 11 is 0. The summed E-state index contributed by atoms with van der Waals surface area (Å²) < 4.78 is 0. The zero-order chi connectivity index (χ0) is 16.7. The number of rotatable bonds is 6. The molecule has 1 saturated carbocycles. The van der Waals surface area contributed by atoms with E-state index in [9.17, 15) is 9.59 Å². The Kier molecular flexibility index (Phi) is 6.40. The molecule has 1 aromatic carbocycles. The van der Waals surface area contributed by atoms with Gasteiger partial charge in [0, 0.05) is 31.7 Å². The molecular formula is C17H26N4O2. The third kappa shape index (κ3) is 4.96. The van der Waals surface area contributed by atoms with E-state index in [1.807, 2.05) is 6.07 Å². The fourth-order valence-electron chi connectivity index (χ4n) is 3.10. The van der Waals surface area contributed by atoms with Crippen molar-refractivity contribution in [2.45, 2.75) is 38.3 Å². The highest BCUT2D eigenvalue weighted by molar-refractivity contribution is 5.94. The van der Waals surface area contributed by atoms with E-state index in [-0.39, 0.29) is 18.0 Å². The summed E-state index contributed by atoms with van der Waals surface area (Å²) in [7, 11) is 1.59. The van der Waals surface area contributed by atoms with Crippen molar-refractivity contribution in [3.63, 3.8) is 0 Å². The van der Waals surface area contributed by atoms with Crippen LogP contribution in [0.15, 0.2) is 24.3 Å². The van der Waals surface area contributed by atoms with Crippen molar-refractivity contribution in [2.75, 3.05) is 13.6 Å². The maximum atomic E-state index is 12.1. The van der Waals surface area contributed by atoms with Crippen LogP contribution in [0.5, 0.6) is 0 Å². The number of carbonyl (C=O) groups excluding carboxylic acids is 2. The van der Waals surface area contributed by atoms with Crippen LogP contribution in [0.1, 0.15) is 41.6 Å². The van der Waals surface area contributed by atoms with Crippen LogP contribution < -0.4 is 21.7 Å². The largest absolute Gasteiger partial charge is 0.355 e. The lowest BCUT2D eigenvalue weighted by Crippen LogP contribution is -2.48. The maximum absolute atomic E-state index is 12.1. The monoisotopic (exact) mass is 318 g/mol. The number of urea groups is 1. The van der Waals surface area contributed by atoms with Crippen LogP contribution >= 0.6 is 0 Å². The number of amides is 3. The predicted molar refractivity (Wildman–Crippen MR) is 90.0 cm³/mol. The molecule has 23 heavy (non-hydrogen) atoms. The summed E-state index contributed by atoms with van der Waals surface area (Å²) in [5, 5.41) is 8.39. The lowest BCUT2D eigenvalue weighted by atomic mass is 9.98. The highest BCUT2D eigenvalue weighted by Gasteiger charge is 2.25. The average molecular weight is 318 g/mol. The van der Waals surface area contributed by atoms with Crippen LogP contribution in [0.2, 0.25) is 0 Å². The van der Waals surface area contributed by atoms with Crippen molar-refractivity contribution in [3.05, 3.63) is 35.4 Å². The molecule has 0 spiro atoms. The van der Waals surface area contributed by atoms with Crippen LogP contribution in [0.3, 0.4) is 0 Å². The highest BCUT2D eigenvalue weighted by atomic mass is 16.2. The smallest absolute Gasteiger partial charge is 0.315 e. The Bertz CT molecular complexity index is 541. The van der Waals surface area contributed by atoms with Gasteiger partial charge in [-0.3, -0.25) is 4.79 Å². The van der Waals surface area contributed by atoms with Gasteiger partial charge in [0.25, 0.3) is 5.91 Å². The van der Waals surface area contributed by atoms with E-state index in [1.165, 1.54) is 12.8 Å². The first-order valence-corrected chi connectivity index (χ1v) is 8.19. The van der Waals surface area contributed by atoms with Gasteiger partial charge in [-0.25, -0.2) is 4.79 Å². The third-order valence-electron chi connectivity index (χ3n) is 4.41. The molecule has 3 amide bonds. The van der Waals surface area contributed by atoms with Gasteiger partial charge in [0.2, 0.25) is 0 Å². The molecule has 6 heteroatoms. The van der Waals surface area contributed by atoms with Gasteiger partial charge >= 0.3 is 6.03 Å². The van der Waals surface area contributed by atoms with Gasteiger partial charge < -0.3 is 21.7 Å². The summed E-state index contributed by atoms with van der Waals surface area (Å²) in [4.78, 5) is 23.7. The normalized spacial score (nSPS) is 15.9. The Hall–Kier alpha value is -2.08. The molecule has 0 heterocycles. The number of carbonyl (C=O) groups is 2. The van der Waals surface area contributed by atoms with Gasteiger partial charge in [-0.1, -0.05) is 25.0 Å². The van der Waals surface area contributed by atoms with Crippen LogP contribution in [-0.2, 0) is 6.54 Å². The zero-order valence-electron chi connectivity index (χ0n) is 13.6. The van der Waals surface area contributed by atoms with E-state index in [0.717, 1.165) is 18.4 Å². The summed E-state index contributed by atoms with van der Waals surface area (Å²) in [6, 6.07) is 7.03. The molecule has 0 radical (unpaired) electrons. The van der Waals surface area contributed by atoms with Crippen molar-refractivity contribution < 1.29 is 9.59 Å². The van der Waals surface area contributed by atoms with Crippen molar-refractivity contribution in [1.29, 1.82) is 0 Å². The fourth-order valence-corrected chi connectivity index (χ4v) is 3.10. The molecule has 0 saturated heterocycles. The number of benzene rings is 1. The molecule has 6 nitrogen and oxygen atoms in total. The molecule has 1 aliphatic carbocycles. The predicted octanol–water partition coefficient (Wildman–Crippen LogP) is 1.36. The quantitative estimate of drug-likeness (QED) is 0.638.